The normalized spacial score (nSPS) is 24.2. The lowest BCUT2D eigenvalue weighted by molar-refractivity contribution is -0.136. The van der Waals surface area contributed by atoms with Crippen LogP contribution in [0.4, 0.5) is 17.2 Å². The highest BCUT2D eigenvalue weighted by Crippen LogP contribution is 2.36. The number of rotatable bonds is 8. The molecule has 4 saturated heterocycles. The SMILES string of the molecule is O=C1CCC(N2Cc3cc(N4CCN(CC5CCN(CCN6CCN7c8cc(-c9ccccc9O)nnc8NCC7C6)CC5)CC4)ccc3C2=O)C(=O)N1. The molecule has 1 aromatic heterocycles. The van der Waals surface area contributed by atoms with E-state index in [1.165, 1.54) is 25.9 Å². The number of carbonyl (C=O) groups excluding carboxylic acids is 3. The number of phenolic OH excluding ortho intramolecular Hbond substituents is 1. The molecule has 2 unspecified atom stereocenters. The number of phenols is 1. The molecule has 2 atom stereocenters. The minimum Gasteiger partial charge on any atom is -0.507 e. The van der Waals surface area contributed by atoms with Crippen molar-refractivity contribution in [3.63, 3.8) is 0 Å². The van der Waals surface area contributed by atoms with Gasteiger partial charge in [0.1, 0.15) is 11.8 Å². The summed E-state index contributed by atoms with van der Waals surface area (Å²) in [5.41, 5.74) is 5.24. The highest BCUT2D eigenvalue weighted by molar-refractivity contribution is 6.05. The Kier molecular flexibility index (Phi) is 9.58. The molecule has 14 nitrogen and oxygen atoms in total. The van der Waals surface area contributed by atoms with Gasteiger partial charge in [-0.25, -0.2) is 0 Å². The van der Waals surface area contributed by atoms with E-state index < -0.39 is 6.04 Å². The second kappa shape index (κ2) is 14.8. The topological polar surface area (TPSA) is 141 Å². The predicted octanol–water partition coefficient (Wildman–Crippen LogP) is 2.06. The maximum atomic E-state index is 13.1. The smallest absolute Gasteiger partial charge is 0.255 e. The molecule has 284 valence electrons. The lowest BCUT2D eigenvalue weighted by Gasteiger charge is -2.46. The summed E-state index contributed by atoms with van der Waals surface area (Å²) in [6, 6.07) is 15.2. The van der Waals surface area contributed by atoms with Crippen molar-refractivity contribution >= 4 is 34.9 Å². The van der Waals surface area contributed by atoms with Crippen molar-refractivity contribution in [1.82, 2.24) is 35.1 Å². The Morgan fingerprint density at radius 3 is 2.39 bits per heavy atom. The molecule has 6 aliphatic rings. The number of hydrogen-bond donors (Lipinski definition) is 3. The number of nitrogens with zero attached hydrogens (tertiary/aromatic N) is 8. The first kappa shape index (κ1) is 34.9. The largest absolute Gasteiger partial charge is 0.507 e. The van der Waals surface area contributed by atoms with Gasteiger partial charge in [-0.3, -0.25) is 29.5 Å². The molecule has 3 N–H and O–H groups in total. The van der Waals surface area contributed by atoms with E-state index in [1.54, 1.807) is 11.0 Å². The number of likely N-dealkylation sites (tertiary alicyclic amines) is 1. The van der Waals surface area contributed by atoms with E-state index in [9.17, 15) is 19.5 Å². The Balaban J connectivity index is 0.703. The molecule has 14 heteroatoms. The number of para-hydroxylation sites is 1. The van der Waals surface area contributed by atoms with Gasteiger partial charge in [-0.15, -0.1) is 10.2 Å². The molecule has 9 rings (SSSR count). The quantitative estimate of drug-likeness (QED) is 0.292. The fraction of sp³-hybridized carbons (Fsp3) is 0.525. The maximum absolute atomic E-state index is 13.1. The predicted molar refractivity (Wildman–Crippen MR) is 206 cm³/mol. The van der Waals surface area contributed by atoms with Gasteiger partial charge >= 0.3 is 0 Å². The number of piperidine rings is 2. The van der Waals surface area contributed by atoms with Gasteiger partial charge in [0.2, 0.25) is 11.8 Å². The summed E-state index contributed by atoms with van der Waals surface area (Å²) in [6.07, 6.45) is 3.15. The number of anilines is 3. The van der Waals surface area contributed by atoms with E-state index in [4.69, 9.17) is 0 Å². The fourth-order valence-corrected chi connectivity index (χ4v) is 9.36. The summed E-state index contributed by atoms with van der Waals surface area (Å²) >= 11 is 0. The molecule has 0 spiro atoms. The number of aromatic hydroxyl groups is 1. The van der Waals surface area contributed by atoms with Crippen molar-refractivity contribution in [3.8, 4) is 17.0 Å². The van der Waals surface area contributed by atoms with Crippen LogP contribution in [0.5, 0.6) is 5.75 Å². The molecule has 54 heavy (non-hydrogen) atoms. The monoisotopic (exact) mass is 734 g/mol. The molecule has 7 heterocycles. The molecule has 0 saturated carbocycles. The van der Waals surface area contributed by atoms with Gasteiger partial charge in [-0.2, -0.15) is 0 Å². The summed E-state index contributed by atoms with van der Waals surface area (Å²) in [5, 5.41) is 25.1. The third kappa shape index (κ3) is 6.98. The molecule has 6 aliphatic heterocycles. The second-order valence-corrected chi connectivity index (χ2v) is 15.8. The van der Waals surface area contributed by atoms with Crippen molar-refractivity contribution in [3.05, 3.63) is 59.7 Å². The van der Waals surface area contributed by atoms with Gasteiger partial charge in [0.15, 0.2) is 5.82 Å². The van der Waals surface area contributed by atoms with Crippen LogP contribution in [0.1, 0.15) is 41.6 Å². The maximum Gasteiger partial charge on any atom is 0.255 e. The van der Waals surface area contributed by atoms with Crippen LogP contribution in [0, 0.1) is 5.92 Å². The van der Waals surface area contributed by atoms with E-state index in [0.29, 0.717) is 35.8 Å². The number of carbonyl (C=O) groups is 3. The zero-order chi connectivity index (χ0) is 36.8. The van der Waals surface area contributed by atoms with E-state index in [-0.39, 0.29) is 29.9 Å². The van der Waals surface area contributed by atoms with Gasteiger partial charge in [0.05, 0.1) is 17.4 Å². The molecule has 0 radical (unpaired) electrons. The van der Waals surface area contributed by atoms with Crippen LogP contribution in [0.25, 0.3) is 11.3 Å². The number of piperazine rings is 2. The Bertz CT molecular complexity index is 1910. The minimum absolute atomic E-state index is 0.119. The highest BCUT2D eigenvalue weighted by Gasteiger charge is 2.39. The zero-order valence-electron chi connectivity index (χ0n) is 30.8. The molecule has 4 fully saturated rings. The molecule has 3 amide bonds. The first-order valence-electron chi connectivity index (χ1n) is 19.7. The molecule has 3 aromatic rings. The summed E-state index contributed by atoms with van der Waals surface area (Å²) in [7, 11) is 0. The standard InChI is InChI=1S/C40H50N10O4/c51-36-4-2-1-3-32(36)33-22-35-38(44-43-33)41-23-30-26-47(17-20-49(30)35)14-13-45-11-9-27(10-12-45)24-46-15-18-48(19-16-46)29-5-6-31-28(21-29)25-50(40(31)54)34-7-8-37(52)42-39(34)53/h1-6,21-22,27,30,34,51H,7-20,23-26H2,(H,41,44)(H,42,52,53). The lowest BCUT2D eigenvalue weighted by Crippen LogP contribution is -2.58. The van der Waals surface area contributed by atoms with E-state index in [2.05, 4.69) is 57.5 Å². The Hall–Kier alpha value is -4.79. The van der Waals surface area contributed by atoms with Crippen LogP contribution in [0.2, 0.25) is 0 Å². The molecule has 2 aromatic carbocycles. The summed E-state index contributed by atoms with van der Waals surface area (Å²) < 4.78 is 0. The number of amides is 3. The van der Waals surface area contributed by atoms with Crippen LogP contribution >= 0.6 is 0 Å². The van der Waals surface area contributed by atoms with Crippen molar-refractivity contribution in [1.29, 1.82) is 0 Å². The average Bonchev–Trinajstić information content (AvgIpc) is 3.52. The molecule has 0 aliphatic carbocycles. The molecule has 0 bridgehead atoms. The van der Waals surface area contributed by atoms with Crippen LogP contribution < -0.4 is 20.4 Å². The van der Waals surface area contributed by atoms with E-state index in [1.807, 2.05) is 30.3 Å². The van der Waals surface area contributed by atoms with Crippen LogP contribution in [-0.4, -0.2) is 150 Å². The number of imide groups is 1. The minimum atomic E-state index is -0.582. The Labute approximate surface area is 316 Å². The number of nitrogens with one attached hydrogen (secondary N) is 2. The van der Waals surface area contributed by atoms with Crippen LogP contribution in [0.3, 0.4) is 0 Å². The van der Waals surface area contributed by atoms with Gasteiger partial charge in [0, 0.05) is 102 Å². The molecular formula is C40H50N10O4. The summed E-state index contributed by atoms with van der Waals surface area (Å²) in [4.78, 5) is 51.6. The number of hydrogen-bond acceptors (Lipinski definition) is 12. The first-order chi connectivity index (χ1) is 26.4. The summed E-state index contributed by atoms with van der Waals surface area (Å²) in [5.74, 6) is 1.02. The van der Waals surface area contributed by atoms with E-state index in [0.717, 1.165) is 101 Å². The van der Waals surface area contributed by atoms with Gasteiger partial charge in [0.25, 0.3) is 5.91 Å². The Morgan fingerprint density at radius 1 is 0.778 bits per heavy atom. The summed E-state index contributed by atoms with van der Waals surface area (Å²) in [6.45, 7) is 14.0. The zero-order valence-corrected chi connectivity index (χ0v) is 30.8. The number of benzene rings is 2. The van der Waals surface area contributed by atoms with Crippen LogP contribution in [-0.2, 0) is 16.1 Å². The van der Waals surface area contributed by atoms with E-state index >= 15 is 0 Å². The van der Waals surface area contributed by atoms with Crippen molar-refractivity contribution in [2.75, 3.05) is 100 Å². The molecular weight excluding hydrogens is 685 g/mol. The highest BCUT2D eigenvalue weighted by atomic mass is 16.3. The fourth-order valence-electron chi connectivity index (χ4n) is 9.36. The Morgan fingerprint density at radius 2 is 1.57 bits per heavy atom. The third-order valence-corrected chi connectivity index (χ3v) is 12.5. The second-order valence-electron chi connectivity index (χ2n) is 15.8. The lowest BCUT2D eigenvalue weighted by atomic mass is 9.96. The van der Waals surface area contributed by atoms with Crippen LogP contribution in [0.15, 0.2) is 48.5 Å². The van der Waals surface area contributed by atoms with Gasteiger partial charge < -0.3 is 30.0 Å². The first-order valence-corrected chi connectivity index (χ1v) is 19.7. The van der Waals surface area contributed by atoms with Crippen molar-refractivity contribution in [2.45, 2.75) is 44.3 Å². The van der Waals surface area contributed by atoms with Crippen molar-refractivity contribution in [2.24, 2.45) is 5.92 Å². The third-order valence-electron chi connectivity index (χ3n) is 12.5. The van der Waals surface area contributed by atoms with Gasteiger partial charge in [-0.1, -0.05) is 12.1 Å². The number of aromatic nitrogens is 2. The van der Waals surface area contributed by atoms with Crippen molar-refractivity contribution < 1.29 is 19.5 Å². The van der Waals surface area contributed by atoms with Gasteiger partial charge in [-0.05, 0) is 80.2 Å². The average molecular weight is 735 g/mol. The number of fused-ring (bicyclic) bond motifs is 4.